The molecule has 5 aliphatic rings. The number of benzene rings is 1. The molecule has 282 valence electrons. The number of hydrogen-bond acceptors (Lipinski definition) is 5. The van der Waals surface area contributed by atoms with Gasteiger partial charge in [0, 0.05) is 34.9 Å². The average molecular weight is 722 g/mol. The van der Waals surface area contributed by atoms with Crippen LogP contribution in [0.25, 0.3) is 0 Å². The Morgan fingerprint density at radius 3 is 2.22 bits per heavy atom. The maximum Gasteiger partial charge on any atom is 0.309 e. The van der Waals surface area contributed by atoms with E-state index < -0.39 is 17.4 Å². The summed E-state index contributed by atoms with van der Waals surface area (Å²) in [6.45, 7) is 23.0. The number of ketones is 1. The van der Waals surface area contributed by atoms with Crippen LogP contribution in [0, 0.1) is 56.2 Å². The van der Waals surface area contributed by atoms with Crippen LogP contribution in [0.2, 0.25) is 5.02 Å². The molecule has 6 nitrogen and oxygen atoms in total. The fourth-order valence-electron chi connectivity index (χ4n) is 13.0. The smallest absolute Gasteiger partial charge is 0.309 e. The Labute approximate surface area is 312 Å². The van der Waals surface area contributed by atoms with Crippen molar-refractivity contribution in [3.05, 3.63) is 46.0 Å². The largest absolute Gasteiger partial charge is 0.481 e. The molecule has 0 spiro atoms. The van der Waals surface area contributed by atoms with Gasteiger partial charge in [-0.3, -0.25) is 14.4 Å². The Bertz CT molecular complexity index is 1590. The topological polar surface area (TPSA) is 92.7 Å². The summed E-state index contributed by atoms with van der Waals surface area (Å²) in [6.07, 6.45) is 8.79. The van der Waals surface area contributed by atoms with Gasteiger partial charge in [0.25, 0.3) is 0 Å². The van der Waals surface area contributed by atoms with Crippen molar-refractivity contribution in [3.8, 4) is 0 Å². The number of carboxylic acids is 1. The van der Waals surface area contributed by atoms with Crippen molar-refractivity contribution in [1.82, 2.24) is 5.32 Å². The van der Waals surface area contributed by atoms with Crippen LogP contribution in [0.15, 0.2) is 35.4 Å². The standard InChI is InChI=1S/C44H64ClNO5/c1-26(2)36-31(47)23-44(25-46-27(3)28-11-13-29(45)14-12-28)22-21-42(9)30(37(36)44)15-16-33-41(8)19-18-34(51-35(48)24-39(4,5)38(49)50)40(6,7)32(41)17-20-43(33,42)10/h11-14,26-27,30,32-34,46H,15-25H2,1-10H3,(H,49,50). The van der Waals surface area contributed by atoms with Crippen molar-refractivity contribution in [3.63, 3.8) is 0 Å². The molecule has 1 aromatic rings. The summed E-state index contributed by atoms with van der Waals surface area (Å²) in [5.74, 6) is 0.545. The van der Waals surface area contributed by atoms with Crippen LogP contribution in [-0.2, 0) is 19.1 Å². The predicted molar refractivity (Wildman–Crippen MR) is 203 cm³/mol. The van der Waals surface area contributed by atoms with Crippen LogP contribution in [0.5, 0.6) is 0 Å². The summed E-state index contributed by atoms with van der Waals surface area (Å²) >= 11 is 6.20. The first-order valence-electron chi connectivity index (χ1n) is 19.8. The summed E-state index contributed by atoms with van der Waals surface area (Å²) in [7, 11) is 0. The Balaban J connectivity index is 1.27. The summed E-state index contributed by atoms with van der Waals surface area (Å²) in [5.41, 5.74) is 2.67. The average Bonchev–Trinajstić information content (AvgIpc) is 3.34. The number of carboxylic acid groups (broad SMARTS) is 1. The lowest BCUT2D eigenvalue weighted by Gasteiger charge is -2.72. The number of allylic oxidation sites excluding steroid dienone is 1. The van der Waals surface area contributed by atoms with Gasteiger partial charge < -0.3 is 15.2 Å². The number of rotatable bonds is 9. The first kappa shape index (κ1) is 38.5. The molecule has 9 atom stereocenters. The van der Waals surface area contributed by atoms with E-state index >= 15 is 0 Å². The molecule has 0 aliphatic heterocycles. The second kappa shape index (κ2) is 13.0. The number of aliphatic carboxylic acids is 1. The van der Waals surface area contributed by atoms with Crippen LogP contribution < -0.4 is 5.32 Å². The fraction of sp³-hybridized carbons (Fsp3) is 0.750. The van der Waals surface area contributed by atoms with Crippen LogP contribution >= 0.6 is 11.6 Å². The van der Waals surface area contributed by atoms with E-state index in [2.05, 4.69) is 72.8 Å². The van der Waals surface area contributed by atoms with Gasteiger partial charge in [-0.2, -0.15) is 0 Å². The molecular weight excluding hydrogens is 658 g/mol. The molecule has 5 aliphatic carbocycles. The van der Waals surface area contributed by atoms with Crippen LogP contribution in [0.1, 0.15) is 145 Å². The minimum atomic E-state index is -1.15. The normalized spacial score (nSPS) is 38.0. The molecule has 0 bridgehead atoms. The molecule has 0 radical (unpaired) electrons. The maximum atomic E-state index is 14.0. The van der Waals surface area contributed by atoms with Crippen LogP contribution in [0.4, 0.5) is 0 Å². The number of esters is 1. The molecule has 0 heterocycles. The number of nitrogens with one attached hydrogen (secondary N) is 1. The highest BCUT2D eigenvalue weighted by atomic mass is 35.5. The highest BCUT2D eigenvalue weighted by Crippen LogP contribution is 2.76. The molecule has 7 heteroatoms. The van der Waals surface area contributed by atoms with E-state index in [1.807, 2.05) is 12.1 Å². The summed E-state index contributed by atoms with van der Waals surface area (Å²) in [6, 6.07) is 8.28. The zero-order valence-electron chi connectivity index (χ0n) is 33.0. The van der Waals surface area contributed by atoms with Gasteiger partial charge in [-0.15, -0.1) is 0 Å². The lowest BCUT2D eigenvalue weighted by molar-refractivity contribution is -0.233. The number of hydrogen-bond donors (Lipinski definition) is 2. The molecule has 4 fully saturated rings. The third-order valence-corrected chi connectivity index (χ3v) is 16.3. The Kier molecular flexibility index (Phi) is 9.82. The zero-order valence-corrected chi connectivity index (χ0v) is 33.8. The number of carbonyl (C=O) groups is 3. The lowest BCUT2D eigenvalue weighted by Crippen LogP contribution is -2.66. The second-order valence-corrected chi connectivity index (χ2v) is 20.3. The zero-order chi connectivity index (χ0) is 37.5. The summed E-state index contributed by atoms with van der Waals surface area (Å²) in [4.78, 5) is 38.9. The van der Waals surface area contributed by atoms with E-state index in [0.29, 0.717) is 30.0 Å². The Morgan fingerprint density at radius 1 is 0.922 bits per heavy atom. The lowest BCUT2D eigenvalue weighted by atomic mass is 9.33. The SMILES string of the molecule is CC(C)C1=C2C3CCC4C5(C)CCC(OC(=O)CC(C)(C)C(=O)O)C(C)(C)C5CCC4(C)C3(C)CCC2(CNC(C)c2ccc(Cl)cc2)CC1=O. The Morgan fingerprint density at radius 2 is 1.59 bits per heavy atom. The first-order chi connectivity index (χ1) is 23.6. The molecule has 4 saturated carbocycles. The third-order valence-electron chi connectivity index (χ3n) is 16.1. The van der Waals surface area contributed by atoms with Gasteiger partial charge in [-0.05, 0) is 135 Å². The van der Waals surface area contributed by atoms with Gasteiger partial charge in [0.15, 0.2) is 5.78 Å². The molecule has 51 heavy (non-hydrogen) atoms. The second-order valence-electron chi connectivity index (χ2n) is 19.8. The number of Topliss-reactive ketones (excluding diaryl/α,β-unsaturated/α-hetero) is 1. The van der Waals surface area contributed by atoms with Gasteiger partial charge in [0.2, 0.25) is 0 Å². The van der Waals surface area contributed by atoms with E-state index in [-0.39, 0.29) is 51.6 Å². The molecule has 6 rings (SSSR count). The van der Waals surface area contributed by atoms with Crippen LogP contribution in [0.3, 0.4) is 0 Å². The van der Waals surface area contributed by atoms with Crippen molar-refractivity contribution < 1.29 is 24.2 Å². The van der Waals surface area contributed by atoms with Crippen molar-refractivity contribution in [2.45, 2.75) is 146 Å². The van der Waals surface area contributed by atoms with E-state index in [4.69, 9.17) is 16.3 Å². The number of ether oxygens (including phenoxy) is 1. The minimum Gasteiger partial charge on any atom is -0.481 e. The van der Waals surface area contributed by atoms with Gasteiger partial charge in [0.05, 0.1) is 11.8 Å². The fourth-order valence-corrected chi connectivity index (χ4v) is 13.1. The van der Waals surface area contributed by atoms with Gasteiger partial charge >= 0.3 is 11.9 Å². The molecule has 0 saturated heterocycles. The summed E-state index contributed by atoms with van der Waals surface area (Å²) in [5, 5.41) is 14.2. The monoisotopic (exact) mass is 721 g/mol. The van der Waals surface area contributed by atoms with E-state index in [0.717, 1.165) is 68.5 Å². The first-order valence-corrected chi connectivity index (χ1v) is 20.2. The molecule has 1 aromatic carbocycles. The Hall–Kier alpha value is -2.18. The number of halogens is 1. The number of fused-ring (bicyclic) bond motifs is 7. The van der Waals surface area contributed by atoms with E-state index in [9.17, 15) is 19.5 Å². The van der Waals surface area contributed by atoms with E-state index in [1.54, 1.807) is 13.8 Å². The highest BCUT2D eigenvalue weighted by molar-refractivity contribution is 6.30. The van der Waals surface area contributed by atoms with Crippen molar-refractivity contribution >= 4 is 29.3 Å². The van der Waals surface area contributed by atoms with Gasteiger partial charge in [-0.1, -0.05) is 77.8 Å². The van der Waals surface area contributed by atoms with Crippen molar-refractivity contribution in [1.29, 1.82) is 0 Å². The van der Waals surface area contributed by atoms with Crippen LogP contribution in [-0.4, -0.2) is 35.5 Å². The van der Waals surface area contributed by atoms with Crippen molar-refractivity contribution in [2.75, 3.05) is 6.54 Å². The van der Waals surface area contributed by atoms with Gasteiger partial charge in [0.1, 0.15) is 6.10 Å². The molecular formula is C44H64ClNO5. The minimum absolute atomic E-state index is 0.0884. The van der Waals surface area contributed by atoms with Gasteiger partial charge in [-0.25, -0.2) is 0 Å². The third kappa shape index (κ3) is 6.05. The molecule has 9 unspecified atom stereocenters. The molecule has 2 N–H and O–H groups in total. The highest BCUT2D eigenvalue weighted by Gasteiger charge is 2.70. The number of carbonyl (C=O) groups excluding carboxylic acids is 2. The summed E-state index contributed by atoms with van der Waals surface area (Å²) < 4.78 is 6.18. The maximum absolute atomic E-state index is 14.0. The molecule has 0 amide bonds. The van der Waals surface area contributed by atoms with Crippen molar-refractivity contribution in [2.24, 2.45) is 56.2 Å². The predicted octanol–water partition coefficient (Wildman–Crippen LogP) is 10.4. The quantitative estimate of drug-likeness (QED) is 0.247. The molecule has 0 aromatic heterocycles. The van der Waals surface area contributed by atoms with E-state index in [1.165, 1.54) is 11.1 Å².